The summed E-state index contributed by atoms with van der Waals surface area (Å²) in [6, 6.07) is 3.63. The summed E-state index contributed by atoms with van der Waals surface area (Å²) in [6.07, 6.45) is 1.83. The van der Waals surface area contributed by atoms with Gasteiger partial charge >= 0.3 is 5.97 Å². The maximum Gasteiger partial charge on any atom is 0.341 e. The molecule has 0 spiro atoms. The van der Waals surface area contributed by atoms with Crippen LogP contribution in [0.25, 0.3) is 0 Å². The Balaban J connectivity index is 1.96. The van der Waals surface area contributed by atoms with Crippen LogP contribution in [0.1, 0.15) is 48.8 Å². The van der Waals surface area contributed by atoms with Crippen LogP contribution < -0.4 is 5.32 Å². The molecule has 0 saturated carbocycles. The van der Waals surface area contributed by atoms with Crippen molar-refractivity contribution in [2.24, 2.45) is 0 Å². The highest BCUT2D eigenvalue weighted by Gasteiger charge is 2.30. The van der Waals surface area contributed by atoms with Crippen molar-refractivity contribution in [1.29, 1.82) is 0 Å². The lowest BCUT2D eigenvalue weighted by molar-refractivity contribution is -0.384. The molecule has 2 amide bonds. The van der Waals surface area contributed by atoms with Gasteiger partial charge in [-0.1, -0.05) is 11.6 Å². The highest BCUT2D eigenvalue weighted by Crippen LogP contribution is 2.35. The molecule has 2 heterocycles. The first-order chi connectivity index (χ1) is 14.2. The molecule has 158 valence electrons. The van der Waals surface area contributed by atoms with E-state index in [9.17, 15) is 24.5 Å². The number of likely N-dealkylation sites (tertiary alicyclic amines) is 1. The minimum Gasteiger partial charge on any atom is -0.465 e. The Bertz CT molecular complexity index is 1050. The Labute approximate surface area is 180 Å². The Morgan fingerprint density at radius 1 is 1.27 bits per heavy atom. The molecule has 11 heteroatoms. The molecule has 9 nitrogen and oxygen atoms in total. The lowest BCUT2D eigenvalue weighted by atomic mass is 10.1. The zero-order valence-corrected chi connectivity index (χ0v) is 17.8. The van der Waals surface area contributed by atoms with Crippen molar-refractivity contribution in [2.45, 2.75) is 19.8 Å². The predicted molar refractivity (Wildman–Crippen MR) is 112 cm³/mol. The first-order valence-corrected chi connectivity index (χ1v) is 10.2. The number of thiophene rings is 1. The molecule has 1 aliphatic rings. The van der Waals surface area contributed by atoms with Crippen LogP contribution in [0.3, 0.4) is 0 Å². The van der Waals surface area contributed by atoms with Crippen LogP contribution in [0, 0.1) is 17.0 Å². The number of nitrogens with one attached hydrogen (secondary N) is 1. The van der Waals surface area contributed by atoms with Gasteiger partial charge in [0, 0.05) is 24.7 Å². The van der Waals surface area contributed by atoms with E-state index in [2.05, 4.69) is 5.32 Å². The quantitative estimate of drug-likeness (QED) is 0.418. The SMILES string of the molecule is COC(=O)c1c(NC(=O)c2ccc(Cl)c([N+](=O)[O-])c2)sc(C(=O)N2CCCC2)c1C. The number of nitro groups is 1. The van der Waals surface area contributed by atoms with Gasteiger partial charge in [-0.05, 0) is 37.5 Å². The van der Waals surface area contributed by atoms with Crippen molar-refractivity contribution in [3.8, 4) is 0 Å². The standard InChI is InChI=1S/C19H18ClN3O6S/c1-10-14(19(26)29-2)17(30-15(10)18(25)22-7-3-4-8-22)21-16(24)11-5-6-12(20)13(9-11)23(27)28/h5-6,9H,3-4,7-8H2,1-2H3,(H,21,24). The summed E-state index contributed by atoms with van der Waals surface area (Å²) in [5.74, 6) is -1.58. The van der Waals surface area contributed by atoms with Crippen LogP contribution in [0.5, 0.6) is 0 Å². The number of methoxy groups -OCH3 is 1. The van der Waals surface area contributed by atoms with E-state index in [4.69, 9.17) is 16.3 Å². The van der Waals surface area contributed by atoms with E-state index in [0.29, 0.717) is 23.5 Å². The number of nitro benzene ring substituents is 1. The smallest absolute Gasteiger partial charge is 0.341 e. The average molecular weight is 452 g/mol. The second kappa shape index (κ2) is 8.80. The molecular weight excluding hydrogens is 434 g/mol. The number of esters is 1. The number of hydrogen-bond donors (Lipinski definition) is 1. The van der Waals surface area contributed by atoms with E-state index in [0.717, 1.165) is 30.2 Å². The van der Waals surface area contributed by atoms with Crippen molar-refractivity contribution in [3.63, 3.8) is 0 Å². The largest absolute Gasteiger partial charge is 0.465 e. The number of halogens is 1. The third-order valence-corrected chi connectivity index (χ3v) is 6.27. The molecular formula is C19H18ClN3O6S. The molecule has 1 N–H and O–H groups in total. The van der Waals surface area contributed by atoms with E-state index < -0.39 is 22.5 Å². The monoisotopic (exact) mass is 451 g/mol. The zero-order valence-electron chi connectivity index (χ0n) is 16.2. The number of anilines is 1. The average Bonchev–Trinajstić information content (AvgIpc) is 3.35. The van der Waals surface area contributed by atoms with Gasteiger partial charge in [-0.2, -0.15) is 0 Å². The van der Waals surface area contributed by atoms with Crippen LogP contribution in [0.2, 0.25) is 5.02 Å². The number of hydrogen-bond acceptors (Lipinski definition) is 7. The zero-order chi connectivity index (χ0) is 22.0. The van der Waals surface area contributed by atoms with E-state index >= 15 is 0 Å². The van der Waals surface area contributed by atoms with Crippen molar-refractivity contribution in [3.05, 3.63) is 54.9 Å². The van der Waals surface area contributed by atoms with Crippen molar-refractivity contribution < 1.29 is 24.0 Å². The summed E-state index contributed by atoms with van der Waals surface area (Å²) in [5, 5.41) is 13.7. The maximum absolute atomic E-state index is 12.8. The number of carbonyl (C=O) groups is 3. The lowest BCUT2D eigenvalue weighted by Crippen LogP contribution is -2.27. The molecule has 30 heavy (non-hydrogen) atoms. The van der Waals surface area contributed by atoms with E-state index in [1.165, 1.54) is 19.2 Å². The second-order valence-electron chi connectivity index (χ2n) is 6.63. The summed E-state index contributed by atoms with van der Waals surface area (Å²) in [7, 11) is 1.20. The summed E-state index contributed by atoms with van der Waals surface area (Å²) < 4.78 is 4.81. The minimum absolute atomic E-state index is 0.0135. The van der Waals surface area contributed by atoms with Crippen molar-refractivity contribution in [1.82, 2.24) is 4.90 Å². The Kier molecular flexibility index (Phi) is 6.37. The Morgan fingerprint density at radius 2 is 1.93 bits per heavy atom. The topological polar surface area (TPSA) is 119 Å². The summed E-state index contributed by atoms with van der Waals surface area (Å²) in [6.45, 7) is 2.90. The normalized spacial score (nSPS) is 13.2. The minimum atomic E-state index is -0.693. The fraction of sp³-hybridized carbons (Fsp3) is 0.316. The van der Waals surface area contributed by atoms with Gasteiger partial charge in [0.1, 0.15) is 10.0 Å². The first kappa shape index (κ1) is 21.7. The van der Waals surface area contributed by atoms with Crippen molar-refractivity contribution >= 4 is 51.4 Å². The van der Waals surface area contributed by atoms with Gasteiger partial charge < -0.3 is 15.0 Å². The van der Waals surface area contributed by atoms with E-state index in [1.807, 2.05) is 0 Å². The summed E-state index contributed by atoms with van der Waals surface area (Å²) in [4.78, 5) is 50.3. The number of carbonyl (C=O) groups excluding carboxylic acids is 3. The van der Waals surface area contributed by atoms with Crippen LogP contribution >= 0.6 is 22.9 Å². The van der Waals surface area contributed by atoms with Gasteiger partial charge in [-0.15, -0.1) is 11.3 Å². The molecule has 1 aliphatic heterocycles. The maximum atomic E-state index is 12.8. The molecule has 2 aromatic rings. The molecule has 1 fully saturated rings. The molecule has 1 aromatic heterocycles. The number of rotatable bonds is 5. The van der Waals surface area contributed by atoms with E-state index in [1.54, 1.807) is 11.8 Å². The molecule has 0 radical (unpaired) electrons. The molecule has 0 unspecified atom stereocenters. The third kappa shape index (κ3) is 4.14. The molecule has 0 bridgehead atoms. The molecule has 3 rings (SSSR count). The third-order valence-electron chi connectivity index (χ3n) is 4.76. The van der Waals surface area contributed by atoms with Gasteiger partial charge in [0.15, 0.2) is 0 Å². The van der Waals surface area contributed by atoms with Gasteiger partial charge in [0.25, 0.3) is 17.5 Å². The van der Waals surface area contributed by atoms with Crippen molar-refractivity contribution in [2.75, 3.05) is 25.5 Å². The fourth-order valence-electron chi connectivity index (χ4n) is 3.19. The first-order valence-electron chi connectivity index (χ1n) is 9.00. The number of ether oxygens (including phenoxy) is 1. The van der Waals surface area contributed by atoms with Crippen LogP contribution in [-0.2, 0) is 4.74 Å². The van der Waals surface area contributed by atoms with Gasteiger partial charge in [0.05, 0.1) is 22.5 Å². The molecule has 0 atom stereocenters. The number of benzene rings is 1. The van der Waals surface area contributed by atoms with Gasteiger partial charge in [-0.3, -0.25) is 19.7 Å². The summed E-state index contributed by atoms with van der Waals surface area (Å²) in [5.41, 5.74) is 0.0770. The predicted octanol–water partition coefficient (Wildman–Crippen LogP) is 3.89. The molecule has 0 aliphatic carbocycles. The highest BCUT2D eigenvalue weighted by atomic mass is 35.5. The van der Waals surface area contributed by atoms with Gasteiger partial charge in [0.2, 0.25) is 0 Å². The van der Waals surface area contributed by atoms with E-state index in [-0.39, 0.29) is 27.1 Å². The van der Waals surface area contributed by atoms with Crippen LogP contribution in [-0.4, -0.2) is 47.8 Å². The lowest BCUT2D eigenvalue weighted by Gasteiger charge is -2.14. The fourth-order valence-corrected chi connectivity index (χ4v) is 4.53. The number of nitrogens with zero attached hydrogens (tertiary/aromatic N) is 2. The summed E-state index contributed by atoms with van der Waals surface area (Å²) >= 11 is 6.77. The van der Waals surface area contributed by atoms with Crippen LogP contribution in [0.15, 0.2) is 18.2 Å². The molecule has 1 aromatic carbocycles. The second-order valence-corrected chi connectivity index (χ2v) is 8.06. The van der Waals surface area contributed by atoms with Gasteiger partial charge in [-0.25, -0.2) is 4.79 Å². The highest BCUT2D eigenvalue weighted by molar-refractivity contribution is 7.18. The Hall–Kier alpha value is -2.98. The number of amides is 2. The molecule has 1 saturated heterocycles. The van der Waals surface area contributed by atoms with Crippen LogP contribution in [0.4, 0.5) is 10.7 Å². The Morgan fingerprint density at radius 3 is 2.53 bits per heavy atom.